The van der Waals surface area contributed by atoms with Crippen LogP contribution in [-0.2, 0) is 0 Å². The molecule has 1 aromatic rings. The maximum atomic E-state index is 12.3. The summed E-state index contributed by atoms with van der Waals surface area (Å²) in [5, 5.41) is 9.85. The Morgan fingerprint density at radius 3 is 2.76 bits per heavy atom. The third-order valence-electron chi connectivity index (χ3n) is 4.37. The summed E-state index contributed by atoms with van der Waals surface area (Å²) < 4.78 is 0. The number of aliphatic hydroxyl groups excluding tert-OH is 1. The van der Waals surface area contributed by atoms with Crippen molar-refractivity contribution in [2.24, 2.45) is 0 Å². The third kappa shape index (κ3) is 4.26. The number of hydrogen-bond donors (Lipinski definition) is 1. The fourth-order valence-electron chi connectivity index (χ4n) is 2.84. The van der Waals surface area contributed by atoms with Gasteiger partial charge in [-0.15, -0.1) is 0 Å². The Morgan fingerprint density at radius 1 is 1.38 bits per heavy atom. The molecule has 21 heavy (non-hydrogen) atoms. The van der Waals surface area contributed by atoms with Gasteiger partial charge in [0.15, 0.2) is 5.78 Å². The van der Waals surface area contributed by atoms with E-state index in [0.29, 0.717) is 6.42 Å². The molecule has 0 fully saturated rings. The van der Waals surface area contributed by atoms with Gasteiger partial charge in [-0.2, -0.15) is 0 Å². The molecule has 114 valence electrons. The van der Waals surface area contributed by atoms with E-state index in [1.807, 2.05) is 37.3 Å². The molecule has 1 aliphatic heterocycles. The molecule has 1 heterocycles. The van der Waals surface area contributed by atoms with E-state index in [-0.39, 0.29) is 24.0 Å². The maximum Gasteiger partial charge on any atom is 0.164 e. The SMILES string of the molecule is CC[C@H](O)C[C@H]1C=CC[C@H](CC(=O)c2ccccc2)N1C. The zero-order valence-corrected chi connectivity index (χ0v) is 12.9. The van der Waals surface area contributed by atoms with Crippen molar-refractivity contribution in [1.82, 2.24) is 4.90 Å². The molecule has 0 unspecified atom stereocenters. The second kappa shape index (κ2) is 7.53. The first-order valence-corrected chi connectivity index (χ1v) is 7.76. The van der Waals surface area contributed by atoms with Crippen molar-refractivity contribution < 1.29 is 9.90 Å². The minimum absolute atomic E-state index is 0.192. The van der Waals surface area contributed by atoms with E-state index in [1.54, 1.807) is 0 Å². The third-order valence-corrected chi connectivity index (χ3v) is 4.37. The first-order valence-electron chi connectivity index (χ1n) is 7.76. The highest BCUT2D eigenvalue weighted by Gasteiger charge is 2.27. The quantitative estimate of drug-likeness (QED) is 0.646. The van der Waals surface area contributed by atoms with Gasteiger partial charge < -0.3 is 5.11 Å². The molecule has 1 N–H and O–H groups in total. The predicted octanol–water partition coefficient (Wildman–Crippen LogP) is 3.05. The minimum atomic E-state index is -0.273. The smallest absolute Gasteiger partial charge is 0.164 e. The van der Waals surface area contributed by atoms with Crippen molar-refractivity contribution in [2.75, 3.05) is 7.05 Å². The van der Waals surface area contributed by atoms with Crippen LogP contribution in [0.2, 0.25) is 0 Å². The highest BCUT2D eigenvalue weighted by atomic mass is 16.3. The Bertz CT molecular complexity index is 483. The molecule has 3 atom stereocenters. The summed E-state index contributed by atoms with van der Waals surface area (Å²) in [7, 11) is 2.06. The molecule has 3 heteroatoms. The summed E-state index contributed by atoms with van der Waals surface area (Å²) in [6.07, 6.45) is 6.96. The number of carbonyl (C=O) groups is 1. The lowest BCUT2D eigenvalue weighted by atomic mass is 9.93. The lowest BCUT2D eigenvalue weighted by Gasteiger charge is -2.37. The lowest BCUT2D eigenvalue weighted by Crippen LogP contribution is -2.44. The number of rotatable bonds is 6. The van der Waals surface area contributed by atoms with Crippen molar-refractivity contribution in [3.63, 3.8) is 0 Å². The molecule has 0 aliphatic carbocycles. The van der Waals surface area contributed by atoms with Crippen molar-refractivity contribution in [3.05, 3.63) is 48.0 Å². The van der Waals surface area contributed by atoms with E-state index in [2.05, 4.69) is 24.1 Å². The lowest BCUT2D eigenvalue weighted by molar-refractivity contribution is 0.0837. The number of Topliss-reactive ketones (excluding diaryl/α,β-unsaturated/α-hetero) is 1. The fourth-order valence-corrected chi connectivity index (χ4v) is 2.84. The molecule has 2 rings (SSSR count). The van der Waals surface area contributed by atoms with E-state index in [9.17, 15) is 9.90 Å². The molecule has 0 aromatic heterocycles. The van der Waals surface area contributed by atoms with Gasteiger partial charge in [0.2, 0.25) is 0 Å². The number of ketones is 1. The molecule has 0 spiro atoms. The standard InChI is InChI=1S/C18H25NO2/c1-3-17(20)12-15-10-7-11-16(19(15)2)13-18(21)14-8-5-4-6-9-14/h4-10,15-17,20H,3,11-13H2,1-2H3/t15-,16-,17+/m1/s1. The van der Waals surface area contributed by atoms with Crippen molar-refractivity contribution in [3.8, 4) is 0 Å². The van der Waals surface area contributed by atoms with Crippen LogP contribution in [-0.4, -0.2) is 41.0 Å². The van der Waals surface area contributed by atoms with Gasteiger partial charge in [-0.05, 0) is 26.3 Å². The monoisotopic (exact) mass is 287 g/mol. The largest absolute Gasteiger partial charge is 0.393 e. The van der Waals surface area contributed by atoms with E-state index < -0.39 is 0 Å². The van der Waals surface area contributed by atoms with E-state index in [0.717, 1.165) is 24.8 Å². The van der Waals surface area contributed by atoms with Gasteiger partial charge in [-0.25, -0.2) is 0 Å². The van der Waals surface area contributed by atoms with Crippen LogP contribution < -0.4 is 0 Å². The van der Waals surface area contributed by atoms with Gasteiger partial charge >= 0.3 is 0 Å². The highest BCUT2D eigenvalue weighted by molar-refractivity contribution is 5.96. The highest BCUT2D eigenvalue weighted by Crippen LogP contribution is 2.23. The number of hydrogen-bond acceptors (Lipinski definition) is 3. The second-order valence-corrected chi connectivity index (χ2v) is 5.84. The van der Waals surface area contributed by atoms with Gasteiger partial charge in [0.05, 0.1) is 6.10 Å². The normalized spacial score (nSPS) is 24.0. The van der Waals surface area contributed by atoms with Crippen LogP contribution in [0.4, 0.5) is 0 Å². The van der Waals surface area contributed by atoms with Crippen molar-refractivity contribution in [1.29, 1.82) is 0 Å². The van der Waals surface area contributed by atoms with Crippen LogP contribution in [0.3, 0.4) is 0 Å². The molecule has 0 radical (unpaired) electrons. The average Bonchev–Trinajstić information content (AvgIpc) is 2.52. The Labute approximate surface area is 127 Å². The van der Waals surface area contributed by atoms with Gasteiger partial charge in [0.1, 0.15) is 0 Å². The molecule has 0 saturated heterocycles. The molecule has 1 aromatic carbocycles. The number of nitrogens with zero attached hydrogens (tertiary/aromatic N) is 1. The summed E-state index contributed by atoms with van der Waals surface area (Å²) >= 11 is 0. The summed E-state index contributed by atoms with van der Waals surface area (Å²) in [6, 6.07) is 9.92. The average molecular weight is 287 g/mol. The molecular formula is C18H25NO2. The van der Waals surface area contributed by atoms with Gasteiger partial charge in [0, 0.05) is 24.1 Å². The summed E-state index contributed by atoms with van der Waals surface area (Å²) in [5.74, 6) is 0.192. The summed E-state index contributed by atoms with van der Waals surface area (Å²) in [4.78, 5) is 14.6. The molecule has 0 amide bonds. The number of aliphatic hydroxyl groups is 1. The second-order valence-electron chi connectivity index (χ2n) is 5.84. The molecule has 3 nitrogen and oxygen atoms in total. The number of benzene rings is 1. The topological polar surface area (TPSA) is 40.5 Å². The Morgan fingerprint density at radius 2 is 2.10 bits per heavy atom. The molecule has 0 saturated carbocycles. The zero-order valence-electron chi connectivity index (χ0n) is 12.9. The van der Waals surface area contributed by atoms with E-state index in [4.69, 9.17) is 0 Å². The van der Waals surface area contributed by atoms with Gasteiger partial charge in [0.25, 0.3) is 0 Å². The first-order chi connectivity index (χ1) is 10.1. The maximum absolute atomic E-state index is 12.3. The molecule has 0 bridgehead atoms. The Kier molecular flexibility index (Phi) is 5.71. The van der Waals surface area contributed by atoms with Gasteiger partial charge in [-0.1, -0.05) is 49.4 Å². The zero-order chi connectivity index (χ0) is 15.2. The Balaban J connectivity index is 1.98. The number of carbonyl (C=O) groups excluding carboxylic acids is 1. The van der Waals surface area contributed by atoms with Crippen LogP contribution in [0.15, 0.2) is 42.5 Å². The van der Waals surface area contributed by atoms with E-state index >= 15 is 0 Å². The first kappa shape index (κ1) is 15.9. The summed E-state index contributed by atoms with van der Waals surface area (Å²) in [6.45, 7) is 1.99. The molecule has 1 aliphatic rings. The van der Waals surface area contributed by atoms with Gasteiger partial charge in [-0.3, -0.25) is 9.69 Å². The van der Waals surface area contributed by atoms with Crippen molar-refractivity contribution >= 4 is 5.78 Å². The van der Waals surface area contributed by atoms with Crippen molar-refractivity contribution in [2.45, 2.75) is 50.8 Å². The number of likely N-dealkylation sites (N-methyl/N-ethyl adjacent to an activating group) is 1. The summed E-state index contributed by atoms with van der Waals surface area (Å²) in [5.41, 5.74) is 0.783. The van der Waals surface area contributed by atoms with Crippen LogP contribution in [0, 0.1) is 0 Å². The minimum Gasteiger partial charge on any atom is -0.393 e. The molecular weight excluding hydrogens is 262 g/mol. The van der Waals surface area contributed by atoms with Crippen LogP contribution in [0.5, 0.6) is 0 Å². The van der Waals surface area contributed by atoms with Crippen LogP contribution in [0.25, 0.3) is 0 Å². The predicted molar refractivity (Wildman–Crippen MR) is 85.4 cm³/mol. The van der Waals surface area contributed by atoms with Crippen LogP contribution >= 0.6 is 0 Å². The van der Waals surface area contributed by atoms with E-state index in [1.165, 1.54) is 0 Å². The fraction of sp³-hybridized carbons (Fsp3) is 0.500. The Hall–Kier alpha value is -1.45. The van der Waals surface area contributed by atoms with Crippen LogP contribution in [0.1, 0.15) is 43.0 Å².